The first-order valence-electron chi connectivity index (χ1n) is 3.99. The molecule has 0 fully saturated rings. The second kappa shape index (κ2) is 3.67. The third kappa shape index (κ3) is 1.33. The van der Waals surface area contributed by atoms with Crippen molar-refractivity contribution in [1.29, 1.82) is 5.26 Å². The molecule has 0 unspecified atom stereocenters. The minimum absolute atomic E-state index is 0.170. The van der Waals surface area contributed by atoms with Gasteiger partial charge in [0.25, 0.3) is 5.56 Å². The summed E-state index contributed by atoms with van der Waals surface area (Å²) in [5, 5.41) is 10.1. The Morgan fingerprint density at radius 3 is 3.14 bits per heavy atom. The molecule has 72 valence electrons. The van der Waals surface area contributed by atoms with Crippen molar-refractivity contribution in [2.24, 2.45) is 0 Å². The van der Waals surface area contributed by atoms with Crippen LogP contribution in [0.4, 0.5) is 0 Å². The molecule has 0 radical (unpaired) electrons. The fourth-order valence-corrected chi connectivity index (χ4v) is 2.81. The maximum absolute atomic E-state index is 11.7. The van der Waals surface area contributed by atoms with Gasteiger partial charge < -0.3 is 0 Å². The fourth-order valence-electron chi connectivity index (χ4n) is 1.30. The Balaban J connectivity index is 2.74. The molecule has 2 rings (SSSR count). The quantitative estimate of drug-likeness (QED) is 0.404. The number of aromatic nitrogens is 2. The van der Waals surface area contributed by atoms with Crippen LogP contribution in [0.15, 0.2) is 15.0 Å². The Labute approximate surface area is 89.3 Å². The molecule has 1 aromatic rings. The molecule has 0 spiro atoms. The normalized spacial score (nSPS) is 13.7. The number of nitriles is 1. The Morgan fingerprint density at radius 2 is 2.50 bits per heavy atom. The van der Waals surface area contributed by atoms with Gasteiger partial charge in [0.1, 0.15) is 16.7 Å². The average molecular weight is 225 g/mol. The van der Waals surface area contributed by atoms with Crippen molar-refractivity contribution in [3.63, 3.8) is 0 Å². The van der Waals surface area contributed by atoms with E-state index in [0.29, 0.717) is 11.6 Å². The van der Waals surface area contributed by atoms with Crippen molar-refractivity contribution in [3.05, 3.63) is 15.9 Å². The molecular weight excluding hydrogens is 218 g/mol. The summed E-state index contributed by atoms with van der Waals surface area (Å²) in [6, 6.07) is 1.92. The number of hydrogen-bond donors (Lipinski definition) is 0. The average Bonchev–Trinajstić information content (AvgIpc) is 2.65. The van der Waals surface area contributed by atoms with Crippen molar-refractivity contribution >= 4 is 23.5 Å². The van der Waals surface area contributed by atoms with Crippen LogP contribution in [-0.4, -0.2) is 21.6 Å². The van der Waals surface area contributed by atoms with E-state index in [9.17, 15) is 4.79 Å². The van der Waals surface area contributed by atoms with E-state index < -0.39 is 0 Å². The number of rotatable bonds is 1. The van der Waals surface area contributed by atoms with Gasteiger partial charge in [-0.05, 0) is 6.26 Å². The second-order valence-corrected chi connectivity index (χ2v) is 4.55. The van der Waals surface area contributed by atoms with Crippen LogP contribution in [-0.2, 0) is 6.54 Å². The smallest absolute Gasteiger partial charge is 0.273 e. The molecule has 0 aliphatic carbocycles. The lowest BCUT2D eigenvalue weighted by molar-refractivity contribution is 0.634. The van der Waals surface area contributed by atoms with Crippen molar-refractivity contribution in [2.45, 2.75) is 16.7 Å². The van der Waals surface area contributed by atoms with Crippen molar-refractivity contribution < 1.29 is 0 Å². The van der Waals surface area contributed by atoms with Gasteiger partial charge in [-0.2, -0.15) is 5.26 Å². The summed E-state index contributed by atoms with van der Waals surface area (Å²) in [6.07, 6.45) is 1.82. The lowest BCUT2D eigenvalue weighted by Gasteiger charge is -2.04. The highest BCUT2D eigenvalue weighted by atomic mass is 32.2. The summed E-state index contributed by atoms with van der Waals surface area (Å²) in [7, 11) is 0. The highest BCUT2D eigenvalue weighted by Crippen LogP contribution is 2.24. The first kappa shape index (κ1) is 9.62. The van der Waals surface area contributed by atoms with Gasteiger partial charge in [-0.15, -0.1) is 11.8 Å². The van der Waals surface area contributed by atoms with Crippen LogP contribution in [0.3, 0.4) is 0 Å². The van der Waals surface area contributed by atoms with Crippen LogP contribution in [0, 0.1) is 11.3 Å². The third-order valence-corrected chi connectivity index (χ3v) is 3.59. The van der Waals surface area contributed by atoms with Crippen molar-refractivity contribution in [3.8, 4) is 6.07 Å². The van der Waals surface area contributed by atoms with Crippen LogP contribution in [0.1, 0.15) is 5.56 Å². The Bertz CT molecular complexity index is 475. The number of thioether (sulfide) groups is 2. The highest BCUT2D eigenvalue weighted by Gasteiger charge is 2.19. The van der Waals surface area contributed by atoms with Gasteiger partial charge in [0.15, 0.2) is 5.16 Å². The molecule has 0 aromatic carbocycles. The molecule has 0 bridgehead atoms. The molecule has 0 saturated heterocycles. The summed E-state index contributed by atoms with van der Waals surface area (Å²) >= 11 is 2.90. The molecule has 1 aromatic heterocycles. The molecule has 14 heavy (non-hydrogen) atoms. The molecule has 2 heterocycles. The minimum atomic E-state index is -0.202. The van der Waals surface area contributed by atoms with Gasteiger partial charge in [-0.1, -0.05) is 11.8 Å². The van der Waals surface area contributed by atoms with Gasteiger partial charge in [-0.3, -0.25) is 9.36 Å². The van der Waals surface area contributed by atoms with Gasteiger partial charge in [0.05, 0.1) is 0 Å². The summed E-state index contributed by atoms with van der Waals surface area (Å²) in [5.41, 5.74) is -0.0319. The fraction of sp³-hybridized carbons (Fsp3) is 0.375. The van der Waals surface area contributed by atoms with E-state index in [0.717, 1.165) is 10.9 Å². The molecule has 0 saturated carbocycles. The SMILES string of the molecule is CSc1nc2n(c(=O)c1C#N)CCS2. The lowest BCUT2D eigenvalue weighted by Crippen LogP contribution is -2.23. The summed E-state index contributed by atoms with van der Waals surface area (Å²) in [5.74, 6) is 0.866. The zero-order valence-electron chi connectivity index (χ0n) is 7.48. The summed E-state index contributed by atoms with van der Waals surface area (Å²) in [4.78, 5) is 16.0. The molecule has 0 atom stereocenters. The maximum atomic E-state index is 11.7. The number of fused-ring (bicyclic) bond motifs is 1. The first-order valence-corrected chi connectivity index (χ1v) is 6.20. The van der Waals surface area contributed by atoms with Crippen LogP contribution in [0.2, 0.25) is 0 Å². The van der Waals surface area contributed by atoms with E-state index in [1.54, 1.807) is 16.3 Å². The number of nitrogens with zero attached hydrogens (tertiary/aromatic N) is 3. The maximum Gasteiger partial charge on any atom is 0.273 e. The second-order valence-electron chi connectivity index (χ2n) is 2.70. The van der Waals surface area contributed by atoms with E-state index in [1.165, 1.54) is 11.8 Å². The van der Waals surface area contributed by atoms with Crippen LogP contribution < -0.4 is 5.56 Å². The van der Waals surface area contributed by atoms with E-state index in [-0.39, 0.29) is 11.1 Å². The van der Waals surface area contributed by atoms with Crippen LogP contribution in [0.25, 0.3) is 0 Å². The lowest BCUT2D eigenvalue weighted by atomic mass is 10.4. The Hall–Kier alpha value is -0.930. The van der Waals surface area contributed by atoms with Crippen molar-refractivity contribution in [2.75, 3.05) is 12.0 Å². The predicted molar refractivity (Wildman–Crippen MR) is 55.7 cm³/mol. The van der Waals surface area contributed by atoms with E-state index >= 15 is 0 Å². The molecule has 1 aliphatic heterocycles. The number of hydrogen-bond acceptors (Lipinski definition) is 5. The molecule has 6 heteroatoms. The van der Waals surface area contributed by atoms with Gasteiger partial charge in [-0.25, -0.2) is 4.98 Å². The molecule has 4 nitrogen and oxygen atoms in total. The molecule has 0 amide bonds. The summed E-state index contributed by atoms with van der Waals surface area (Å²) in [6.45, 7) is 0.662. The highest BCUT2D eigenvalue weighted by molar-refractivity contribution is 7.99. The third-order valence-electron chi connectivity index (χ3n) is 1.95. The van der Waals surface area contributed by atoms with E-state index in [2.05, 4.69) is 4.98 Å². The molecular formula is C8H7N3OS2. The largest absolute Gasteiger partial charge is 0.286 e. The van der Waals surface area contributed by atoms with Crippen LogP contribution >= 0.6 is 23.5 Å². The molecule has 1 aliphatic rings. The minimum Gasteiger partial charge on any atom is -0.286 e. The standard InChI is InChI=1S/C8H7N3OS2/c1-13-6-5(4-9)7(12)11-2-3-14-8(11)10-6/h2-3H2,1H3. The summed E-state index contributed by atoms with van der Waals surface area (Å²) < 4.78 is 1.57. The predicted octanol–water partition coefficient (Wildman–Crippen LogP) is 0.943. The topological polar surface area (TPSA) is 58.7 Å². The van der Waals surface area contributed by atoms with Crippen molar-refractivity contribution in [1.82, 2.24) is 9.55 Å². The van der Waals surface area contributed by atoms with Gasteiger partial charge in [0.2, 0.25) is 0 Å². The first-order chi connectivity index (χ1) is 6.77. The van der Waals surface area contributed by atoms with E-state index in [4.69, 9.17) is 5.26 Å². The Kier molecular flexibility index (Phi) is 2.52. The van der Waals surface area contributed by atoms with Crippen LogP contribution in [0.5, 0.6) is 0 Å². The molecule has 0 N–H and O–H groups in total. The van der Waals surface area contributed by atoms with Gasteiger partial charge in [0, 0.05) is 12.3 Å². The zero-order chi connectivity index (χ0) is 10.1. The monoisotopic (exact) mass is 225 g/mol. The van der Waals surface area contributed by atoms with Gasteiger partial charge >= 0.3 is 0 Å². The van der Waals surface area contributed by atoms with E-state index in [1.807, 2.05) is 12.3 Å². The zero-order valence-corrected chi connectivity index (χ0v) is 9.11. The Morgan fingerprint density at radius 1 is 1.71 bits per heavy atom.